The molecule has 1 aliphatic heterocycles. The Morgan fingerprint density at radius 3 is 2.78 bits per heavy atom. The summed E-state index contributed by atoms with van der Waals surface area (Å²) in [4.78, 5) is 2.34. The Bertz CT molecular complexity index is 174. The SMILES string of the molecule is CC1C[S-](C)#CCN1C. The van der Waals surface area contributed by atoms with Crippen LogP contribution in [0, 0.1) is 5.18 Å². The lowest BCUT2D eigenvalue weighted by Gasteiger charge is -2.33. The predicted molar refractivity (Wildman–Crippen MR) is 44.1 cm³/mol. The first kappa shape index (κ1) is 7.20. The molecule has 0 aliphatic carbocycles. The Morgan fingerprint density at radius 2 is 2.33 bits per heavy atom. The van der Waals surface area contributed by atoms with E-state index in [4.69, 9.17) is 0 Å². The van der Waals surface area contributed by atoms with Gasteiger partial charge in [0.15, 0.2) is 0 Å². The van der Waals surface area contributed by atoms with Gasteiger partial charge >= 0.3 is 0 Å². The highest BCUT2D eigenvalue weighted by Gasteiger charge is 2.03. The Labute approximate surface area is 59.6 Å². The molecule has 2 heteroatoms. The molecule has 1 heterocycles. The molecule has 54 valence electrons. The van der Waals surface area contributed by atoms with Gasteiger partial charge in [-0.05, 0) is 13.1 Å². The van der Waals surface area contributed by atoms with Gasteiger partial charge in [0.2, 0.25) is 0 Å². The number of nitrogens with zero attached hydrogens (tertiary/aromatic N) is 1. The lowest BCUT2D eigenvalue weighted by Crippen LogP contribution is -2.36. The van der Waals surface area contributed by atoms with Gasteiger partial charge in [-0.25, -0.2) is 0 Å². The van der Waals surface area contributed by atoms with Crippen molar-refractivity contribution in [1.29, 1.82) is 0 Å². The molecule has 1 nitrogen and oxygen atoms in total. The minimum atomic E-state index is 0.467. The van der Waals surface area contributed by atoms with Crippen molar-refractivity contribution in [2.45, 2.75) is 13.0 Å². The summed E-state index contributed by atoms with van der Waals surface area (Å²) in [7, 11) is 2.63. The summed E-state index contributed by atoms with van der Waals surface area (Å²) < 4.78 is 0. The Balaban J connectivity index is 2.62. The van der Waals surface area contributed by atoms with E-state index in [1.54, 1.807) is 0 Å². The summed E-state index contributed by atoms with van der Waals surface area (Å²) in [5.74, 6) is 1.30. The summed E-state index contributed by atoms with van der Waals surface area (Å²) in [6.07, 6.45) is 2.27. The monoisotopic (exact) mass is 144 g/mol. The molecule has 0 spiro atoms. The fraction of sp³-hybridized carbons (Fsp3) is 0.857. The molecule has 1 rings (SSSR count). The minimum Gasteiger partial charge on any atom is -0.454 e. The first-order valence-electron chi connectivity index (χ1n) is 3.26. The molecule has 0 N–H and O–H groups in total. The molecule has 0 radical (unpaired) electrons. The second kappa shape index (κ2) is 2.78. The molecular weight excluding hydrogens is 130 g/mol. The molecule has 0 aromatic carbocycles. The van der Waals surface area contributed by atoms with Crippen molar-refractivity contribution in [2.75, 3.05) is 25.6 Å². The van der Waals surface area contributed by atoms with Crippen LogP contribution in [0.3, 0.4) is 0 Å². The molecule has 1 unspecified atom stereocenters. The molecule has 0 aromatic rings. The van der Waals surface area contributed by atoms with Crippen LogP contribution in [-0.4, -0.2) is 36.5 Å². The Kier molecular flexibility index (Phi) is 2.23. The molecule has 0 aromatic heterocycles. The number of hydrogen-bond acceptors (Lipinski definition) is 2. The van der Waals surface area contributed by atoms with Crippen LogP contribution in [-0.2, 0) is 10.3 Å². The average molecular weight is 144 g/mol. The third-order valence-corrected chi connectivity index (χ3v) is 3.41. The maximum absolute atomic E-state index is 3.42. The van der Waals surface area contributed by atoms with Crippen LogP contribution in [0.15, 0.2) is 0 Å². The zero-order chi connectivity index (χ0) is 6.85. The highest BCUT2D eigenvalue weighted by atomic mass is 32.2. The van der Waals surface area contributed by atoms with E-state index in [0.29, 0.717) is 10.3 Å². The second-order valence-electron chi connectivity index (χ2n) is 2.71. The van der Waals surface area contributed by atoms with Crippen LogP contribution in [0.5, 0.6) is 0 Å². The van der Waals surface area contributed by atoms with Crippen LogP contribution >= 0.6 is 0 Å². The van der Waals surface area contributed by atoms with Gasteiger partial charge < -0.3 is 10.3 Å². The average Bonchev–Trinajstić information content (AvgIpc) is 1.80. The van der Waals surface area contributed by atoms with E-state index >= 15 is 0 Å². The van der Waals surface area contributed by atoms with E-state index < -0.39 is 0 Å². The summed E-state index contributed by atoms with van der Waals surface area (Å²) >= 11 is 0. The van der Waals surface area contributed by atoms with E-state index in [1.807, 2.05) is 0 Å². The molecule has 1 aliphatic rings. The van der Waals surface area contributed by atoms with Crippen molar-refractivity contribution in [3.05, 3.63) is 0 Å². The van der Waals surface area contributed by atoms with Gasteiger partial charge in [0, 0.05) is 6.54 Å². The minimum absolute atomic E-state index is 0.467. The van der Waals surface area contributed by atoms with E-state index in [1.165, 1.54) is 5.75 Å². The quantitative estimate of drug-likeness (QED) is 0.448. The van der Waals surface area contributed by atoms with Crippen LogP contribution in [0.4, 0.5) is 0 Å². The van der Waals surface area contributed by atoms with Gasteiger partial charge in [-0.1, -0.05) is 6.92 Å². The van der Waals surface area contributed by atoms with Gasteiger partial charge in [0.1, 0.15) is 0 Å². The van der Waals surface area contributed by atoms with Crippen LogP contribution in [0.25, 0.3) is 0 Å². The van der Waals surface area contributed by atoms with Gasteiger partial charge in [0.25, 0.3) is 0 Å². The van der Waals surface area contributed by atoms with E-state index in [0.717, 1.165) is 12.6 Å². The summed E-state index contributed by atoms with van der Waals surface area (Å²) in [6, 6.07) is 0.764. The van der Waals surface area contributed by atoms with Gasteiger partial charge in [-0.2, -0.15) is 0 Å². The second-order valence-corrected chi connectivity index (χ2v) is 4.61. The van der Waals surface area contributed by atoms with E-state index in [2.05, 4.69) is 30.3 Å². The van der Waals surface area contributed by atoms with Crippen molar-refractivity contribution in [1.82, 2.24) is 4.90 Å². The zero-order valence-electron chi connectivity index (χ0n) is 6.35. The lowest BCUT2D eigenvalue weighted by atomic mass is 10.3. The highest BCUT2D eigenvalue weighted by molar-refractivity contribution is 7.85. The summed E-state index contributed by atoms with van der Waals surface area (Å²) in [5, 5.41) is 3.42. The smallest absolute Gasteiger partial charge is 0.0264 e. The van der Waals surface area contributed by atoms with Gasteiger partial charge in [0.05, 0.1) is 0 Å². The van der Waals surface area contributed by atoms with Crippen LogP contribution in [0.2, 0.25) is 0 Å². The fourth-order valence-corrected chi connectivity index (χ4v) is 2.44. The summed E-state index contributed by atoms with van der Waals surface area (Å²) in [6.45, 7) is 3.34. The fourth-order valence-electron chi connectivity index (χ4n) is 0.916. The molecular formula is C7H14NS-. The first-order chi connectivity index (χ1) is 4.20. The van der Waals surface area contributed by atoms with Crippen molar-refractivity contribution in [2.24, 2.45) is 0 Å². The molecule has 0 saturated carbocycles. The van der Waals surface area contributed by atoms with Gasteiger partial charge in [-0.15, -0.1) is 12.0 Å². The third kappa shape index (κ3) is 1.75. The van der Waals surface area contributed by atoms with E-state index in [-0.39, 0.29) is 0 Å². The standard InChI is InChI=1S/C7H14NS/c1-7-6-9(3)5-4-8(7)2/h7H,4,6H2,1-3H3/q-1. The van der Waals surface area contributed by atoms with Crippen LogP contribution in [0.1, 0.15) is 6.92 Å². The molecule has 1 atom stereocenters. The van der Waals surface area contributed by atoms with E-state index in [9.17, 15) is 0 Å². The number of hydrogen-bond donors (Lipinski definition) is 0. The predicted octanol–water partition coefficient (Wildman–Crippen LogP) is 0.528. The molecule has 0 bridgehead atoms. The highest BCUT2D eigenvalue weighted by Crippen LogP contribution is 2.00. The Morgan fingerprint density at radius 1 is 1.67 bits per heavy atom. The summed E-state index contributed by atoms with van der Waals surface area (Å²) in [5.41, 5.74) is 0. The largest absolute Gasteiger partial charge is 0.454 e. The molecule has 0 amide bonds. The van der Waals surface area contributed by atoms with Crippen molar-refractivity contribution in [3.63, 3.8) is 0 Å². The topological polar surface area (TPSA) is 3.24 Å². The van der Waals surface area contributed by atoms with Crippen molar-refractivity contribution < 1.29 is 0 Å². The Hall–Kier alpha value is 0.0900. The normalized spacial score (nSPS) is 31.2. The number of rotatable bonds is 0. The van der Waals surface area contributed by atoms with Crippen molar-refractivity contribution in [3.8, 4) is 5.18 Å². The van der Waals surface area contributed by atoms with Gasteiger partial charge in [-0.3, -0.25) is 10.1 Å². The third-order valence-electron chi connectivity index (χ3n) is 1.80. The maximum Gasteiger partial charge on any atom is 0.0264 e. The lowest BCUT2D eigenvalue weighted by molar-refractivity contribution is 0.309. The van der Waals surface area contributed by atoms with Crippen molar-refractivity contribution >= 4 is 10.3 Å². The van der Waals surface area contributed by atoms with Crippen LogP contribution < -0.4 is 0 Å². The molecule has 0 saturated heterocycles. The zero-order valence-corrected chi connectivity index (χ0v) is 7.16. The maximum atomic E-state index is 3.42. The first-order valence-corrected chi connectivity index (χ1v) is 5.06. The molecule has 0 fully saturated rings. The molecule has 9 heavy (non-hydrogen) atoms.